The first-order valence-corrected chi connectivity index (χ1v) is 49.2. The van der Waals surface area contributed by atoms with Crippen LogP contribution in [0.15, 0.2) is 365 Å². The van der Waals surface area contributed by atoms with Gasteiger partial charge in [0.2, 0.25) is 11.8 Å². The number of anilines is 2. The van der Waals surface area contributed by atoms with Crippen molar-refractivity contribution in [2.24, 2.45) is 5.92 Å². The van der Waals surface area contributed by atoms with Crippen LogP contribution in [0.3, 0.4) is 0 Å². The molecule has 4 fully saturated rings. The van der Waals surface area contributed by atoms with E-state index in [0.717, 1.165) is 84.2 Å². The topological polar surface area (TPSA) is 186 Å². The first kappa shape index (κ1) is 111. The Kier molecular flexibility index (Phi) is 51.6. The van der Waals surface area contributed by atoms with Gasteiger partial charge in [0.15, 0.2) is 0 Å². The molecule has 0 radical (unpaired) electrons. The van der Waals surface area contributed by atoms with E-state index in [1.165, 1.54) is 14.2 Å². The van der Waals surface area contributed by atoms with Gasteiger partial charge >= 0.3 is 11.9 Å². The van der Waals surface area contributed by atoms with Crippen LogP contribution in [0.4, 0.5) is 11.4 Å². The second kappa shape index (κ2) is 64.1. The van der Waals surface area contributed by atoms with Crippen LogP contribution in [0, 0.1) is 5.92 Å². The van der Waals surface area contributed by atoms with E-state index in [4.69, 9.17) is 52.1 Å². The largest absolute Gasteiger partial charge is 0.469 e. The van der Waals surface area contributed by atoms with Crippen molar-refractivity contribution in [1.82, 2.24) is 0 Å². The van der Waals surface area contributed by atoms with Gasteiger partial charge in [-0.2, -0.15) is 0 Å². The molecule has 0 aliphatic carbocycles. The van der Waals surface area contributed by atoms with Gasteiger partial charge in [-0.1, -0.05) is 417 Å². The fraction of sp³-hybridized carbons (Fsp3) is 0.350. The lowest BCUT2D eigenvalue weighted by Gasteiger charge is -2.47. The number of rotatable bonds is 38. The second-order valence-corrected chi connectivity index (χ2v) is 31.6. The molecule has 0 spiro atoms. The van der Waals surface area contributed by atoms with Gasteiger partial charge < -0.3 is 66.6 Å². The molecule has 12 aromatic rings. The van der Waals surface area contributed by atoms with Gasteiger partial charge in [0.05, 0.1) is 117 Å². The molecule has 732 valence electrons. The van der Waals surface area contributed by atoms with Gasteiger partial charge in [0, 0.05) is 36.7 Å². The Morgan fingerprint density at radius 1 is 0.319 bits per heavy atom. The molecule has 0 saturated carbocycles. The molecule has 4 aliphatic rings. The number of hydrogen-bond acceptors (Lipinski definition) is 16. The number of methoxy groups -OCH3 is 2. The molecule has 4 heterocycles. The van der Waals surface area contributed by atoms with E-state index in [2.05, 4.69) is 157 Å². The number of amides is 2. The molecule has 138 heavy (non-hydrogen) atoms. The van der Waals surface area contributed by atoms with Gasteiger partial charge in [0.1, 0.15) is 48.8 Å². The third-order valence-electron chi connectivity index (χ3n) is 23.0. The van der Waals surface area contributed by atoms with Gasteiger partial charge in [-0.25, -0.2) is 4.79 Å². The van der Waals surface area contributed by atoms with Crippen LogP contribution >= 0.6 is 0 Å². The maximum atomic E-state index is 13.6. The van der Waals surface area contributed by atoms with Crippen LogP contribution in [0.25, 0.3) is 0 Å². The summed E-state index contributed by atoms with van der Waals surface area (Å²) < 4.78 is 77.6. The molecule has 2 amide bonds. The Hall–Kier alpha value is -12.1. The van der Waals surface area contributed by atoms with Crippen molar-refractivity contribution < 1.29 is 76.0 Å². The highest BCUT2D eigenvalue weighted by molar-refractivity contribution is 6.03. The fourth-order valence-electron chi connectivity index (χ4n) is 16.4. The van der Waals surface area contributed by atoms with E-state index in [0.29, 0.717) is 85.1 Å². The van der Waals surface area contributed by atoms with E-state index < -0.39 is 60.9 Å². The van der Waals surface area contributed by atoms with Gasteiger partial charge in [0.25, 0.3) is 0 Å². The highest BCUT2D eigenvalue weighted by atomic mass is 16.6. The average molecular weight is 1870 g/mol. The van der Waals surface area contributed by atoms with Crippen LogP contribution in [0.1, 0.15) is 181 Å². The smallest absolute Gasteiger partial charge is 0.329 e. The third kappa shape index (κ3) is 34.5. The first-order valence-electron chi connectivity index (χ1n) is 49.2. The molecular weight excluding hydrogens is 1730 g/mol. The van der Waals surface area contributed by atoms with Crippen LogP contribution < -0.4 is 9.80 Å². The minimum absolute atomic E-state index is 0.000649. The highest BCUT2D eigenvalue weighted by Gasteiger charge is 2.52. The van der Waals surface area contributed by atoms with E-state index in [1.807, 2.05) is 299 Å². The average Bonchev–Trinajstić information content (AvgIpc) is 0.743. The number of benzene rings is 12. The SMILES string of the molecule is C=CC(=O)OC.CC.CC.CC.CC.CC.CC.COC(=O)CC[C@H]1C(=O)N(c2ccccc2)[C@@H]1c1ccc(C[C@@H]2O[C@H](COCc3ccccc3)[C@@H](OCc3ccccc3)[C@H](OCc3ccccc3)[C@H]2OCc2ccccc2)cc1.O=C1C[C@@H](c2ccc(C[C@@H]3O[C@H](COCc4ccccc4)[C@@H](OCc4ccccc4)[C@H](OCc4ccccc4)[C@H]3OCc3ccccc3)cc2)N1c1ccccc1. The summed E-state index contributed by atoms with van der Waals surface area (Å²) in [5.41, 5.74) is 14.4. The number of carbonyl (C=O) groups excluding carboxylic acids is 4. The zero-order valence-electron chi connectivity index (χ0n) is 83.3. The first-order chi connectivity index (χ1) is 68.0. The number of para-hydroxylation sites is 2. The zero-order chi connectivity index (χ0) is 98.9. The number of hydrogen-bond donors (Lipinski definition) is 0. The standard InChI is InChI=1S/C54H55NO8.C50H49NO6.C4H6O2.6C2H6/c1-58-49(56)32-31-46-50(55(54(46)57)45-25-15-6-16-26-45)44-29-27-39(28-30-44)33-47-51(60-35-41-19-9-3-10-20-41)53(62-37-43-23-13-5-14-24-43)52(61-36-42-21-11-4-12-22-42)48(63-47)38-59-34-40-17-7-2-8-18-40;52-47-31-44(51(47)43-24-14-5-15-25-43)42-28-26-37(27-29-42)30-45-48(54-33-39-18-8-2-9-19-39)50(56-35-41-22-12-4-13-23-41)49(55-34-40-20-10-3-11-21-40)46(57-45)36-53-32-38-16-6-1-7-17-38;1-3-4(5)6-2;6*1-2/h2-30,46-48,50-53H,31-38H2,1H3;1-29,44-46,48-50H,30-36H2;3H,1H2,2H3;6*1-2H3/t46-,47+,48-,50-,51+,52-,53-;44-,45-,46+,48-,49+,50+;;;;;;;/m10......./s1. The summed E-state index contributed by atoms with van der Waals surface area (Å²) >= 11 is 0. The molecular formula is C120H146N2O16. The van der Waals surface area contributed by atoms with E-state index in [-0.39, 0.29) is 54.9 Å². The monoisotopic (exact) mass is 1870 g/mol. The normalized spacial score (nSPS) is 19.7. The Morgan fingerprint density at radius 3 is 0.862 bits per heavy atom. The number of ether oxygens (including phenoxy) is 12. The van der Waals surface area contributed by atoms with Crippen molar-refractivity contribution in [2.45, 2.75) is 241 Å². The molecule has 18 heteroatoms. The molecule has 0 N–H and O–H groups in total. The summed E-state index contributed by atoms with van der Waals surface area (Å²) in [4.78, 5) is 52.0. The maximum absolute atomic E-state index is 13.6. The van der Waals surface area contributed by atoms with Crippen molar-refractivity contribution >= 4 is 35.1 Å². The van der Waals surface area contributed by atoms with Crippen LogP contribution in [-0.2, 0) is 142 Å². The number of carbonyl (C=O) groups is 4. The Labute approximate surface area is 821 Å². The Balaban J connectivity index is 0.000000291. The maximum Gasteiger partial charge on any atom is 0.329 e. The molecule has 12 aromatic carbocycles. The minimum atomic E-state index is -0.536. The predicted octanol–water partition coefficient (Wildman–Crippen LogP) is 25.6. The van der Waals surface area contributed by atoms with E-state index in [1.54, 1.807) is 0 Å². The summed E-state index contributed by atoms with van der Waals surface area (Å²) in [6, 6.07) is 118. The summed E-state index contributed by atoms with van der Waals surface area (Å²) in [5, 5.41) is 0. The molecule has 18 nitrogen and oxygen atoms in total. The fourth-order valence-corrected chi connectivity index (χ4v) is 16.4. The number of β-lactam (4-membered cyclic amide) rings is 2. The van der Waals surface area contributed by atoms with Gasteiger partial charge in [-0.3, -0.25) is 14.4 Å². The van der Waals surface area contributed by atoms with Crippen molar-refractivity contribution in [3.63, 3.8) is 0 Å². The molecule has 0 aromatic heterocycles. The number of esters is 2. The summed E-state index contributed by atoms with van der Waals surface area (Å²) in [7, 11) is 2.68. The molecule has 0 unspecified atom stereocenters. The second-order valence-electron chi connectivity index (χ2n) is 31.6. The zero-order valence-corrected chi connectivity index (χ0v) is 83.3. The highest BCUT2D eigenvalue weighted by Crippen LogP contribution is 2.47. The Morgan fingerprint density at radius 2 is 0.587 bits per heavy atom. The predicted molar refractivity (Wildman–Crippen MR) is 553 cm³/mol. The van der Waals surface area contributed by atoms with Crippen molar-refractivity contribution in [2.75, 3.05) is 37.2 Å². The lowest BCUT2D eigenvalue weighted by atomic mass is 9.78. The van der Waals surface area contributed by atoms with E-state index in [9.17, 15) is 19.2 Å². The lowest BCUT2D eigenvalue weighted by Crippen LogP contribution is -2.61. The summed E-state index contributed by atoms with van der Waals surface area (Å²) in [6.07, 6.45) is -1.53. The summed E-state index contributed by atoms with van der Waals surface area (Å²) in [6.45, 7) is 30.9. The lowest BCUT2D eigenvalue weighted by molar-refractivity contribution is -0.272. The molecule has 16 rings (SSSR count). The summed E-state index contributed by atoms with van der Waals surface area (Å²) in [5.74, 6) is -0.932. The van der Waals surface area contributed by atoms with Gasteiger partial charge in [-0.15, -0.1) is 0 Å². The number of nitrogens with zero attached hydrogens (tertiary/aromatic N) is 2. The minimum Gasteiger partial charge on any atom is -0.469 e. The molecule has 4 aliphatic heterocycles. The van der Waals surface area contributed by atoms with Crippen LogP contribution in [0.2, 0.25) is 0 Å². The molecule has 13 atom stereocenters. The van der Waals surface area contributed by atoms with E-state index >= 15 is 0 Å². The van der Waals surface area contributed by atoms with Crippen molar-refractivity contribution in [1.29, 1.82) is 0 Å². The molecule has 4 saturated heterocycles. The third-order valence-corrected chi connectivity index (χ3v) is 23.0. The van der Waals surface area contributed by atoms with Crippen LogP contribution in [-0.4, -0.2) is 112 Å². The van der Waals surface area contributed by atoms with Crippen molar-refractivity contribution in [3.8, 4) is 0 Å². The van der Waals surface area contributed by atoms with Gasteiger partial charge in [-0.05, 0) is 97.4 Å². The quantitative estimate of drug-likeness (QED) is 0.0202. The van der Waals surface area contributed by atoms with Crippen molar-refractivity contribution in [3.05, 3.63) is 431 Å². The van der Waals surface area contributed by atoms with Crippen LogP contribution in [0.5, 0.6) is 0 Å². The Bertz CT molecular complexity index is 5240. The molecule has 0 bridgehead atoms.